The van der Waals surface area contributed by atoms with Gasteiger partial charge in [-0.3, -0.25) is 0 Å². The molecular weight excluding hydrogens is 224 g/mol. The standard InChI is InChI=1S/C12H13F2N3/c13-10-5-8(6-11(14)7-10)4-9-2-1-3-12(9)16-17-15/h5-7,9,12H,1-4H2/t9-,12-/m1/s1. The van der Waals surface area contributed by atoms with Crippen molar-refractivity contribution in [2.24, 2.45) is 11.0 Å². The molecule has 5 heteroatoms. The van der Waals surface area contributed by atoms with E-state index >= 15 is 0 Å². The highest BCUT2D eigenvalue weighted by atomic mass is 19.1. The lowest BCUT2D eigenvalue weighted by atomic mass is 9.95. The van der Waals surface area contributed by atoms with Gasteiger partial charge in [-0.25, -0.2) is 8.78 Å². The van der Waals surface area contributed by atoms with Gasteiger partial charge in [-0.2, -0.15) is 0 Å². The molecule has 0 bridgehead atoms. The van der Waals surface area contributed by atoms with E-state index in [2.05, 4.69) is 10.0 Å². The first kappa shape index (κ1) is 11.9. The summed E-state index contributed by atoms with van der Waals surface area (Å²) in [5.41, 5.74) is 9.07. The fourth-order valence-corrected chi connectivity index (χ4v) is 2.51. The second-order valence-corrected chi connectivity index (χ2v) is 4.45. The van der Waals surface area contributed by atoms with E-state index in [0.29, 0.717) is 12.0 Å². The first-order chi connectivity index (χ1) is 8.19. The molecule has 0 aromatic heterocycles. The molecule has 90 valence electrons. The van der Waals surface area contributed by atoms with Gasteiger partial charge in [0.1, 0.15) is 11.6 Å². The largest absolute Gasteiger partial charge is 0.207 e. The average molecular weight is 237 g/mol. The van der Waals surface area contributed by atoms with Crippen LogP contribution in [0.2, 0.25) is 0 Å². The minimum atomic E-state index is -0.557. The van der Waals surface area contributed by atoms with Crippen LogP contribution in [0.25, 0.3) is 10.4 Å². The van der Waals surface area contributed by atoms with E-state index in [1.165, 1.54) is 12.1 Å². The van der Waals surface area contributed by atoms with Gasteiger partial charge >= 0.3 is 0 Å². The van der Waals surface area contributed by atoms with Crippen molar-refractivity contribution in [1.82, 2.24) is 0 Å². The van der Waals surface area contributed by atoms with E-state index in [1.807, 2.05) is 0 Å². The zero-order valence-corrected chi connectivity index (χ0v) is 9.31. The normalized spacial score (nSPS) is 23.4. The van der Waals surface area contributed by atoms with Crippen LogP contribution in [-0.2, 0) is 6.42 Å². The third-order valence-corrected chi connectivity index (χ3v) is 3.24. The Morgan fingerprint density at radius 3 is 2.59 bits per heavy atom. The molecule has 17 heavy (non-hydrogen) atoms. The van der Waals surface area contributed by atoms with Crippen LogP contribution < -0.4 is 0 Å². The monoisotopic (exact) mass is 237 g/mol. The molecule has 2 atom stereocenters. The van der Waals surface area contributed by atoms with Crippen molar-refractivity contribution in [3.05, 3.63) is 45.8 Å². The molecule has 0 radical (unpaired) electrons. The maximum absolute atomic E-state index is 13.0. The van der Waals surface area contributed by atoms with Crippen LogP contribution in [0.5, 0.6) is 0 Å². The minimum Gasteiger partial charge on any atom is -0.207 e. The fraction of sp³-hybridized carbons (Fsp3) is 0.500. The predicted molar refractivity (Wildman–Crippen MR) is 60.3 cm³/mol. The summed E-state index contributed by atoms with van der Waals surface area (Å²) >= 11 is 0. The van der Waals surface area contributed by atoms with Crippen LogP contribution in [0.4, 0.5) is 8.78 Å². The summed E-state index contributed by atoms with van der Waals surface area (Å²) in [6, 6.07) is 3.51. The van der Waals surface area contributed by atoms with Crippen molar-refractivity contribution in [1.29, 1.82) is 0 Å². The van der Waals surface area contributed by atoms with E-state index < -0.39 is 11.6 Å². The number of hydrogen-bond donors (Lipinski definition) is 0. The molecule has 1 fully saturated rings. The Bertz CT molecular complexity index is 435. The van der Waals surface area contributed by atoms with Crippen LogP contribution >= 0.6 is 0 Å². The van der Waals surface area contributed by atoms with E-state index in [0.717, 1.165) is 25.3 Å². The zero-order chi connectivity index (χ0) is 12.3. The van der Waals surface area contributed by atoms with Crippen molar-refractivity contribution >= 4 is 0 Å². The molecule has 0 N–H and O–H groups in total. The Morgan fingerprint density at radius 1 is 1.24 bits per heavy atom. The maximum Gasteiger partial charge on any atom is 0.126 e. The van der Waals surface area contributed by atoms with Gasteiger partial charge in [-0.05, 0) is 48.4 Å². The van der Waals surface area contributed by atoms with Crippen LogP contribution in [0.15, 0.2) is 23.3 Å². The molecule has 0 heterocycles. The Labute approximate surface area is 98.1 Å². The molecule has 1 aliphatic rings. The summed E-state index contributed by atoms with van der Waals surface area (Å²) in [6.07, 6.45) is 3.39. The lowest BCUT2D eigenvalue weighted by Gasteiger charge is -2.14. The summed E-state index contributed by atoms with van der Waals surface area (Å²) in [6.45, 7) is 0. The highest BCUT2D eigenvalue weighted by Crippen LogP contribution is 2.31. The van der Waals surface area contributed by atoms with Gasteiger partial charge in [0.25, 0.3) is 0 Å². The number of halogens is 2. The molecule has 0 aliphatic heterocycles. The van der Waals surface area contributed by atoms with Gasteiger partial charge in [0.15, 0.2) is 0 Å². The number of rotatable bonds is 3. The predicted octanol–water partition coefficient (Wildman–Crippen LogP) is 3.99. The molecule has 1 aromatic carbocycles. The lowest BCUT2D eigenvalue weighted by Crippen LogP contribution is -2.13. The average Bonchev–Trinajstić information content (AvgIpc) is 2.65. The topological polar surface area (TPSA) is 48.8 Å². The maximum atomic E-state index is 13.0. The first-order valence-corrected chi connectivity index (χ1v) is 5.68. The molecule has 3 nitrogen and oxygen atoms in total. The van der Waals surface area contributed by atoms with Crippen molar-refractivity contribution in [3.63, 3.8) is 0 Å². The molecule has 1 saturated carbocycles. The molecule has 1 aromatic rings. The van der Waals surface area contributed by atoms with Crippen LogP contribution in [0.3, 0.4) is 0 Å². The summed E-state index contributed by atoms with van der Waals surface area (Å²) < 4.78 is 26.1. The second kappa shape index (κ2) is 5.15. The molecular formula is C12H13F2N3. The van der Waals surface area contributed by atoms with Crippen LogP contribution in [0, 0.1) is 17.6 Å². The van der Waals surface area contributed by atoms with Crippen LogP contribution in [0.1, 0.15) is 24.8 Å². The van der Waals surface area contributed by atoms with Gasteiger partial charge in [0, 0.05) is 17.0 Å². The number of hydrogen-bond acceptors (Lipinski definition) is 1. The van der Waals surface area contributed by atoms with E-state index in [9.17, 15) is 8.78 Å². The first-order valence-electron chi connectivity index (χ1n) is 5.68. The highest BCUT2D eigenvalue weighted by molar-refractivity contribution is 5.19. The summed E-state index contributed by atoms with van der Waals surface area (Å²) in [5.74, 6) is -0.913. The Morgan fingerprint density at radius 2 is 1.94 bits per heavy atom. The Hall–Kier alpha value is -1.61. The number of benzene rings is 1. The zero-order valence-electron chi connectivity index (χ0n) is 9.31. The molecule has 0 saturated heterocycles. The van der Waals surface area contributed by atoms with Gasteiger partial charge < -0.3 is 0 Å². The van der Waals surface area contributed by atoms with E-state index in [4.69, 9.17) is 5.53 Å². The van der Waals surface area contributed by atoms with Crippen molar-refractivity contribution in [2.45, 2.75) is 31.7 Å². The molecule has 0 unspecified atom stereocenters. The number of nitrogens with zero attached hydrogens (tertiary/aromatic N) is 3. The lowest BCUT2D eigenvalue weighted by molar-refractivity contribution is 0.474. The molecule has 1 aliphatic carbocycles. The van der Waals surface area contributed by atoms with Crippen molar-refractivity contribution in [3.8, 4) is 0 Å². The SMILES string of the molecule is [N-]=[N+]=N[C@@H]1CCC[C@@H]1Cc1cc(F)cc(F)c1. The van der Waals surface area contributed by atoms with Gasteiger partial charge in [0.2, 0.25) is 0 Å². The highest BCUT2D eigenvalue weighted by Gasteiger charge is 2.26. The second-order valence-electron chi connectivity index (χ2n) is 4.45. The van der Waals surface area contributed by atoms with Gasteiger partial charge in [-0.15, -0.1) is 0 Å². The number of azide groups is 1. The van der Waals surface area contributed by atoms with Gasteiger partial charge in [0.05, 0.1) is 0 Å². The molecule has 2 rings (SSSR count). The quantitative estimate of drug-likeness (QED) is 0.433. The smallest absolute Gasteiger partial charge is 0.126 e. The Kier molecular flexibility index (Phi) is 3.59. The van der Waals surface area contributed by atoms with E-state index in [1.54, 1.807) is 0 Å². The summed E-state index contributed by atoms with van der Waals surface area (Å²) in [5, 5.41) is 3.74. The third kappa shape index (κ3) is 2.94. The minimum absolute atomic E-state index is 0.0358. The third-order valence-electron chi connectivity index (χ3n) is 3.24. The van der Waals surface area contributed by atoms with Crippen molar-refractivity contribution in [2.75, 3.05) is 0 Å². The van der Waals surface area contributed by atoms with E-state index in [-0.39, 0.29) is 12.0 Å². The molecule has 0 spiro atoms. The van der Waals surface area contributed by atoms with Crippen LogP contribution in [-0.4, -0.2) is 6.04 Å². The summed E-state index contributed by atoms with van der Waals surface area (Å²) in [7, 11) is 0. The Balaban J connectivity index is 2.11. The molecule has 0 amide bonds. The van der Waals surface area contributed by atoms with Gasteiger partial charge in [-0.1, -0.05) is 11.5 Å². The van der Waals surface area contributed by atoms with Crippen molar-refractivity contribution < 1.29 is 8.78 Å². The fourth-order valence-electron chi connectivity index (χ4n) is 2.51. The summed E-state index contributed by atoms with van der Waals surface area (Å²) in [4.78, 5) is 2.82.